The zero-order valence-electron chi connectivity index (χ0n) is 8.93. The van der Waals surface area contributed by atoms with Crippen molar-refractivity contribution in [3.63, 3.8) is 0 Å². The molecule has 0 aromatic heterocycles. The van der Waals surface area contributed by atoms with Gasteiger partial charge in [-0.05, 0) is 25.0 Å². The van der Waals surface area contributed by atoms with Gasteiger partial charge < -0.3 is 5.11 Å². The summed E-state index contributed by atoms with van der Waals surface area (Å²) in [5.41, 5.74) is 0. The summed E-state index contributed by atoms with van der Waals surface area (Å²) >= 11 is 0. The van der Waals surface area contributed by atoms with Crippen LogP contribution in [0.4, 0.5) is 4.39 Å². The van der Waals surface area contributed by atoms with Crippen LogP contribution in [0, 0.1) is 5.82 Å². The number of aliphatic hydroxyl groups is 1. The van der Waals surface area contributed by atoms with Crippen LogP contribution in [-0.4, -0.2) is 20.7 Å². The maximum Gasteiger partial charge on any atom is 0.139 e. The van der Waals surface area contributed by atoms with Gasteiger partial charge in [-0.15, -0.1) is 0 Å². The Morgan fingerprint density at radius 2 is 1.94 bits per heavy atom. The van der Waals surface area contributed by atoms with E-state index in [-0.39, 0.29) is 10.1 Å². The first-order valence-electron chi connectivity index (χ1n) is 5.53. The molecule has 1 N–H and O–H groups in total. The van der Waals surface area contributed by atoms with E-state index in [1.54, 1.807) is 12.1 Å². The highest BCUT2D eigenvalue weighted by molar-refractivity contribution is 7.85. The Morgan fingerprint density at radius 1 is 1.25 bits per heavy atom. The topological polar surface area (TPSA) is 37.3 Å². The van der Waals surface area contributed by atoms with Gasteiger partial charge in [-0.25, -0.2) is 4.39 Å². The molecule has 4 heteroatoms. The second-order valence-corrected chi connectivity index (χ2v) is 5.76. The summed E-state index contributed by atoms with van der Waals surface area (Å²) in [6.45, 7) is 0. The molecule has 1 aromatic carbocycles. The van der Waals surface area contributed by atoms with E-state index in [0.717, 1.165) is 12.8 Å². The quantitative estimate of drug-likeness (QED) is 0.863. The monoisotopic (exact) mass is 242 g/mol. The predicted octanol–water partition coefficient (Wildman–Crippen LogP) is 2.24. The highest BCUT2D eigenvalue weighted by Crippen LogP contribution is 2.27. The summed E-state index contributed by atoms with van der Waals surface area (Å²) in [7, 11) is -1.44. The summed E-state index contributed by atoms with van der Waals surface area (Å²) in [6, 6.07) is 6.09. The first-order valence-corrected chi connectivity index (χ1v) is 6.74. The van der Waals surface area contributed by atoms with Crippen molar-refractivity contribution in [2.75, 3.05) is 0 Å². The van der Waals surface area contributed by atoms with Crippen molar-refractivity contribution in [1.82, 2.24) is 0 Å². The smallest absolute Gasteiger partial charge is 0.139 e. The molecule has 2 rings (SSSR count). The van der Waals surface area contributed by atoms with Gasteiger partial charge in [-0.2, -0.15) is 0 Å². The third kappa shape index (κ3) is 2.33. The fraction of sp³-hybridized carbons (Fsp3) is 0.500. The molecule has 0 amide bonds. The van der Waals surface area contributed by atoms with Crippen molar-refractivity contribution < 1.29 is 13.7 Å². The number of hydrogen-bond acceptors (Lipinski definition) is 2. The van der Waals surface area contributed by atoms with Gasteiger partial charge in [0.25, 0.3) is 0 Å². The fourth-order valence-electron chi connectivity index (χ4n) is 2.10. The largest absolute Gasteiger partial charge is 0.392 e. The Labute approximate surface area is 96.9 Å². The van der Waals surface area contributed by atoms with E-state index in [0.29, 0.717) is 12.8 Å². The number of benzene rings is 1. The van der Waals surface area contributed by atoms with Crippen molar-refractivity contribution in [2.24, 2.45) is 0 Å². The molecule has 16 heavy (non-hydrogen) atoms. The molecule has 1 aromatic rings. The van der Waals surface area contributed by atoms with Crippen LogP contribution in [0.5, 0.6) is 0 Å². The van der Waals surface area contributed by atoms with Crippen molar-refractivity contribution in [3.8, 4) is 0 Å². The van der Waals surface area contributed by atoms with E-state index in [1.165, 1.54) is 12.1 Å². The summed E-state index contributed by atoms with van der Waals surface area (Å²) in [5.74, 6) is -0.446. The lowest BCUT2D eigenvalue weighted by Crippen LogP contribution is -2.33. The van der Waals surface area contributed by atoms with Gasteiger partial charge in [-0.3, -0.25) is 4.21 Å². The summed E-state index contributed by atoms with van der Waals surface area (Å²) < 4.78 is 25.6. The maximum atomic E-state index is 13.4. The van der Waals surface area contributed by atoms with E-state index >= 15 is 0 Å². The maximum absolute atomic E-state index is 13.4. The Bertz CT molecular complexity index is 394. The Balaban J connectivity index is 2.21. The van der Waals surface area contributed by atoms with Crippen LogP contribution in [0.3, 0.4) is 0 Å². The lowest BCUT2D eigenvalue weighted by molar-refractivity contribution is 0.135. The lowest BCUT2D eigenvalue weighted by atomic mass is 9.97. The average molecular weight is 242 g/mol. The standard InChI is InChI=1S/C12H15FO2S/c13-9-5-1-3-7-11(9)16(15)12-8-4-2-6-10(12)14/h1,3,5,7,10,12,14H,2,4,6,8H2. The zero-order valence-corrected chi connectivity index (χ0v) is 9.75. The fourth-order valence-corrected chi connectivity index (χ4v) is 3.70. The molecule has 1 fully saturated rings. The molecule has 88 valence electrons. The molecule has 0 aliphatic heterocycles. The minimum absolute atomic E-state index is 0.216. The van der Waals surface area contributed by atoms with Crippen molar-refractivity contribution in [3.05, 3.63) is 30.1 Å². The van der Waals surface area contributed by atoms with Gasteiger partial charge in [0, 0.05) is 0 Å². The number of halogens is 1. The van der Waals surface area contributed by atoms with Crippen LogP contribution in [-0.2, 0) is 10.8 Å². The van der Waals surface area contributed by atoms with Crippen LogP contribution < -0.4 is 0 Å². The molecule has 3 atom stereocenters. The SMILES string of the molecule is O=S(c1ccccc1F)C1CCCCC1O. The van der Waals surface area contributed by atoms with E-state index < -0.39 is 22.7 Å². The van der Waals surface area contributed by atoms with Gasteiger partial charge >= 0.3 is 0 Å². The lowest BCUT2D eigenvalue weighted by Gasteiger charge is -2.26. The summed E-state index contributed by atoms with van der Waals surface area (Å²) in [6.07, 6.45) is 2.75. The molecule has 0 saturated heterocycles. The van der Waals surface area contributed by atoms with Gasteiger partial charge in [0.15, 0.2) is 0 Å². The highest BCUT2D eigenvalue weighted by atomic mass is 32.2. The Hall–Kier alpha value is -0.740. The minimum atomic E-state index is -1.44. The third-order valence-electron chi connectivity index (χ3n) is 3.00. The predicted molar refractivity (Wildman–Crippen MR) is 61.1 cm³/mol. The molecule has 0 spiro atoms. The Kier molecular flexibility index (Phi) is 3.71. The van der Waals surface area contributed by atoms with Gasteiger partial charge in [0.1, 0.15) is 5.82 Å². The summed E-state index contributed by atoms with van der Waals surface area (Å²) in [4.78, 5) is 0.216. The molecular formula is C12H15FO2S. The zero-order chi connectivity index (χ0) is 11.5. The van der Waals surface area contributed by atoms with Crippen LogP contribution in [0.15, 0.2) is 29.2 Å². The normalized spacial score (nSPS) is 27.6. The molecule has 0 bridgehead atoms. The molecule has 0 radical (unpaired) electrons. The first-order chi connectivity index (χ1) is 7.70. The van der Waals surface area contributed by atoms with Gasteiger partial charge in [0.05, 0.1) is 27.0 Å². The van der Waals surface area contributed by atoms with E-state index in [1.807, 2.05) is 0 Å². The number of aliphatic hydroxyl groups excluding tert-OH is 1. The van der Waals surface area contributed by atoms with Gasteiger partial charge in [-0.1, -0.05) is 25.0 Å². The molecule has 3 unspecified atom stereocenters. The average Bonchev–Trinajstić information content (AvgIpc) is 2.29. The second kappa shape index (κ2) is 5.06. The molecule has 1 aliphatic carbocycles. The summed E-state index contributed by atoms with van der Waals surface area (Å²) in [5, 5.41) is 9.46. The number of hydrogen-bond donors (Lipinski definition) is 1. The van der Waals surface area contributed by atoms with Crippen LogP contribution in [0.2, 0.25) is 0 Å². The molecule has 1 saturated carbocycles. The highest BCUT2D eigenvalue weighted by Gasteiger charge is 2.30. The third-order valence-corrected chi connectivity index (χ3v) is 4.86. The molecule has 1 aliphatic rings. The van der Waals surface area contributed by atoms with Crippen LogP contribution in [0.25, 0.3) is 0 Å². The van der Waals surface area contributed by atoms with Crippen molar-refractivity contribution >= 4 is 10.8 Å². The van der Waals surface area contributed by atoms with E-state index in [4.69, 9.17) is 0 Å². The van der Waals surface area contributed by atoms with E-state index in [9.17, 15) is 13.7 Å². The van der Waals surface area contributed by atoms with Crippen LogP contribution in [0.1, 0.15) is 25.7 Å². The van der Waals surface area contributed by atoms with E-state index in [2.05, 4.69) is 0 Å². The molecule has 2 nitrogen and oxygen atoms in total. The first kappa shape index (κ1) is 11.7. The van der Waals surface area contributed by atoms with Gasteiger partial charge in [0.2, 0.25) is 0 Å². The minimum Gasteiger partial charge on any atom is -0.392 e. The Morgan fingerprint density at radius 3 is 2.62 bits per heavy atom. The number of rotatable bonds is 2. The van der Waals surface area contributed by atoms with Crippen LogP contribution >= 0.6 is 0 Å². The molecular weight excluding hydrogens is 227 g/mol. The van der Waals surface area contributed by atoms with Crippen molar-refractivity contribution in [2.45, 2.75) is 41.9 Å². The molecule has 0 heterocycles. The second-order valence-electron chi connectivity index (χ2n) is 4.12. The van der Waals surface area contributed by atoms with Crippen molar-refractivity contribution in [1.29, 1.82) is 0 Å².